The van der Waals surface area contributed by atoms with Crippen molar-refractivity contribution in [2.45, 2.75) is 25.8 Å². The summed E-state index contributed by atoms with van der Waals surface area (Å²) in [6, 6.07) is 0.0982. The maximum atomic E-state index is 11.5. The molecule has 1 saturated heterocycles. The zero-order valence-corrected chi connectivity index (χ0v) is 8.75. The lowest BCUT2D eigenvalue weighted by Gasteiger charge is -2.39. The first kappa shape index (κ1) is 10.0. The van der Waals surface area contributed by atoms with Crippen LogP contribution in [-0.4, -0.2) is 35.8 Å². The van der Waals surface area contributed by atoms with Gasteiger partial charge >= 0.3 is 0 Å². The van der Waals surface area contributed by atoms with Gasteiger partial charge < -0.3 is 10.2 Å². The van der Waals surface area contributed by atoms with Gasteiger partial charge in [0.2, 0.25) is 5.91 Å². The summed E-state index contributed by atoms with van der Waals surface area (Å²) >= 11 is 0. The van der Waals surface area contributed by atoms with Crippen LogP contribution in [0.1, 0.15) is 19.8 Å². The second-order valence-electron chi connectivity index (χ2n) is 4.06. The Morgan fingerprint density at radius 1 is 1.33 bits per heavy atom. The third kappa shape index (κ3) is 2.30. The van der Waals surface area contributed by atoms with E-state index >= 15 is 0 Å². The molecule has 4 nitrogen and oxygen atoms in total. The number of nitrogens with zero attached hydrogens (tertiary/aromatic N) is 1. The summed E-state index contributed by atoms with van der Waals surface area (Å²) in [5.74, 6) is 5.24. The number of hydrogen-bond donors (Lipinski definition) is 1. The van der Waals surface area contributed by atoms with E-state index in [1.807, 2.05) is 4.90 Å². The maximum absolute atomic E-state index is 11.5. The summed E-state index contributed by atoms with van der Waals surface area (Å²) in [5.41, 5.74) is 0. The van der Waals surface area contributed by atoms with Gasteiger partial charge in [-0.05, 0) is 25.7 Å². The molecule has 0 aromatic carbocycles. The van der Waals surface area contributed by atoms with E-state index in [1.54, 1.807) is 6.92 Å². The van der Waals surface area contributed by atoms with Gasteiger partial charge in [-0.25, -0.2) is 0 Å². The molecule has 80 valence electrons. The molecule has 0 aromatic rings. The molecule has 0 atom stereocenters. The molecule has 0 bridgehead atoms. The summed E-state index contributed by atoms with van der Waals surface area (Å²) < 4.78 is 0. The molecule has 0 spiro atoms. The fraction of sp³-hybridized carbons (Fsp3) is 0.636. The van der Waals surface area contributed by atoms with Crippen molar-refractivity contribution in [1.82, 2.24) is 10.2 Å². The average Bonchev–Trinajstić information content (AvgIpc) is 2.93. The summed E-state index contributed by atoms with van der Waals surface area (Å²) in [6.07, 6.45) is 2.07. The Balaban J connectivity index is 1.70. The van der Waals surface area contributed by atoms with Crippen LogP contribution < -0.4 is 5.32 Å². The normalized spacial score (nSPS) is 19.9. The van der Waals surface area contributed by atoms with Gasteiger partial charge in [0.1, 0.15) is 0 Å². The molecule has 2 rings (SSSR count). The number of amides is 2. The van der Waals surface area contributed by atoms with E-state index in [9.17, 15) is 9.59 Å². The third-order valence-corrected chi connectivity index (χ3v) is 2.69. The van der Waals surface area contributed by atoms with Gasteiger partial charge in [0.25, 0.3) is 5.91 Å². The molecule has 1 saturated carbocycles. The smallest absolute Gasteiger partial charge is 0.296 e. The number of carbonyl (C=O) groups excluding carboxylic acids is 2. The van der Waals surface area contributed by atoms with Crippen LogP contribution in [0.3, 0.4) is 0 Å². The van der Waals surface area contributed by atoms with Gasteiger partial charge in [-0.2, -0.15) is 0 Å². The molecule has 15 heavy (non-hydrogen) atoms. The fourth-order valence-electron chi connectivity index (χ4n) is 1.67. The molecule has 4 heteroatoms. The molecule has 0 aromatic heterocycles. The highest BCUT2D eigenvalue weighted by molar-refractivity contribution is 5.93. The molecule has 1 N–H and O–H groups in total. The summed E-state index contributed by atoms with van der Waals surface area (Å²) in [5, 5.41) is 2.76. The molecular formula is C11H14N2O2. The van der Waals surface area contributed by atoms with E-state index in [2.05, 4.69) is 17.2 Å². The van der Waals surface area contributed by atoms with Crippen LogP contribution in [0.5, 0.6) is 0 Å². The monoisotopic (exact) mass is 206 g/mol. The number of nitrogens with one attached hydrogen (secondary N) is 1. The number of hydrogen-bond acceptors (Lipinski definition) is 2. The van der Waals surface area contributed by atoms with Gasteiger partial charge in [-0.1, -0.05) is 5.92 Å². The van der Waals surface area contributed by atoms with Crippen LogP contribution >= 0.6 is 0 Å². The second kappa shape index (κ2) is 3.93. The minimum absolute atomic E-state index is 0.0982. The average molecular weight is 206 g/mol. The number of rotatable bonds is 2. The Bertz CT molecular complexity index is 343. The van der Waals surface area contributed by atoms with Crippen molar-refractivity contribution in [3.63, 3.8) is 0 Å². The standard InChI is InChI=1S/C11H14N2O2/c1-2-3-10(14)12-9-6-13(7-9)11(15)8-4-5-8/h8-9H,4-7H2,1H3,(H,12,14). The zero-order valence-electron chi connectivity index (χ0n) is 8.75. The van der Waals surface area contributed by atoms with E-state index in [-0.39, 0.29) is 23.8 Å². The lowest BCUT2D eigenvalue weighted by molar-refractivity contribution is -0.138. The van der Waals surface area contributed by atoms with Crippen molar-refractivity contribution in [2.75, 3.05) is 13.1 Å². The maximum Gasteiger partial charge on any atom is 0.296 e. The van der Waals surface area contributed by atoms with Gasteiger partial charge in [0.15, 0.2) is 0 Å². The van der Waals surface area contributed by atoms with Gasteiger partial charge in [-0.15, -0.1) is 0 Å². The van der Waals surface area contributed by atoms with Crippen molar-refractivity contribution >= 4 is 11.8 Å². The minimum Gasteiger partial charge on any atom is -0.339 e. The van der Waals surface area contributed by atoms with Crippen molar-refractivity contribution in [3.8, 4) is 11.8 Å². The second-order valence-corrected chi connectivity index (χ2v) is 4.06. The van der Waals surface area contributed by atoms with Crippen molar-refractivity contribution in [1.29, 1.82) is 0 Å². The van der Waals surface area contributed by atoms with Gasteiger partial charge in [0.05, 0.1) is 6.04 Å². The van der Waals surface area contributed by atoms with Crippen LogP contribution in [0, 0.1) is 17.8 Å². The summed E-state index contributed by atoms with van der Waals surface area (Å²) in [7, 11) is 0. The molecule has 2 fully saturated rings. The largest absolute Gasteiger partial charge is 0.339 e. The van der Waals surface area contributed by atoms with Crippen LogP contribution in [-0.2, 0) is 9.59 Å². The van der Waals surface area contributed by atoms with E-state index < -0.39 is 0 Å². The minimum atomic E-state index is -0.249. The van der Waals surface area contributed by atoms with Crippen LogP contribution in [0.25, 0.3) is 0 Å². The predicted molar refractivity (Wildman–Crippen MR) is 54.7 cm³/mol. The van der Waals surface area contributed by atoms with Crippen molar-refractivity contribution < 1.29 is 9.59 Å². The summed E-state index contributed by atoms with van der Waals surface area (Å²) in [6.45, 7) is 2.92. The first-order valence-corrected chi connectivity index (χ1v) is 5.22. The van der Waals surface area contributed by atoms with Crippen LogP contribution in [0.15, 0.2) is 0 Å². The Morgan fingerprint density at radius 3 is 2.53 bits per heavy atom. The highest BCUT2D eigenvalue weighted by atomic mass is 16.2. The molecule has 2 amide bonds. The molecular weight excluding hydrogens is 192 g/mol. The number of carbonyl (C=O) groups is 2. The molecule has 0 radical (unpaired) electrons. The topological polar surface area (TPSA) is 49.4 Å². The van der Waals surface area contributed by atoms with Crippen LogP contribution in [0.2, 0.25) is 0 Å². The quantitative estimate of drug-likeness (QED) is 0.633. The van der Waals surface area contributed by atoms with Gasteiger partial charge in [0, 0.05) is 19.0 Å². The predicted octanol–water partition coefficient (Wildman–Crippen LogP) is -0.253. The highest BCUT2D eigenvalue weighted by Gasteiger charge is 2.39. The molecule has 1 aliphatic heterocycles. The van der Waals surface area contributed by atoms with Crippen molar-refractivity contribution in [3.05, 3.63) is 0 Å². The summed E-state index contributed by atoms with van der Waals surface area (Å²) in [4.78, 5) is 24.4. The molecule has 1 aliphatic carbocycles. The zero-order chi connectivity index (χ0) is 10.8. The molecule has 1 heterocycles. The Labute approximate surface area is 89.0 Å². The van der Waals surface area contributed by atoms with E-state index in [4.69, 9.17) is 0 Å². The fourth-order valence-corrected chi connectivity index (χ4v) is 1.67. The third-order valence-electron chi connectivity index (χ3n) is 2.69. The Morgan fingerprint density at radius 2 is 2.00 bits per heavy atom. The SMILES string of the molecule is CC#CC(=O)NC1CN(C(=O)C2CC2)C1. The first-order chi connectivity index (χ1) is 7.20. The number of likely N-dealkylation sites (tertiary alicyclic amines) is 1. The molecule has 2 aliphatic rings. The first-order valence-electron chi connectivity index (χ1n) is 5.22. The Hall–Kier alpha value is -1.50. The Kier molecular flexibility index (Phi) is 2.63. The van der Waals surface area contributed by atoms with Gasteiger partial charge in [-0.3, -0.25) is 9.59 Å². The van der Waals surface area contributed by atoms with E-state index in [0.717, 1.165) is 12.8 Å². The highest BCUT2D eigenvalue weighted by Crippen LogP contribution is 2.32. The lowest BCUT2D eigenvalue weighted by Crippen LogP contribution is -2.61. The van der Waals surface area contributed by atoms with Crippen LogP contribution in [0.4, 0.5) is 0 Å². The lowest BCUT2D eigenvalue weighted by atomic mass is 10.1. The van der Waals surface area contributed by atoms with Crippen molar-refractivity contribution in [2.24, 2.45) is 5.92 Å². The molecule has 0 unspecified atom stereocenters. The van der Waals surface area contributed by atoms with E-state index in [1.165, 1.54) is 0 Å². The van der Waals surface area contributed by atoms with E-state index in [0.29, 0.717) is 13.1 Å².